The number of piperidine rings is 1. The molecule has 0 bridgehead atoms. The Morgan fingerprint density at radius 1 is 0.880 bits per heavy atom. The van der Waals surface area contributed by atoms with Crippen molar-refractivity contribution in [3.05, 3.63) is 64.1 Å². The highest BCUT2D eigenvalue weighted by Crippen LogP contribution is 2.26. The molecule has 1 aliphatic heterocycles. The Hall–Kier alpha value is -1.56. The van der Waals surface area contributed by atoms with E-state index in [0.717, 1.165) is 0 Å². The Bertz CT molecular complexity index is 856. The van der Waals surface area contributed by atoms with E-state index in [2.05, 4.69) is 0 Å². The zero-order valence-corrected chi connectivity index (χ0v) is 15.7. The van der Waals surface area contributed by atoms with Gasteiger partial charge in [0, 0.05) is 28.7 Å². The third-order valence-corrected chi connectivity index (χ3v) is 7.18. The lowest BCUT2D eigenvalue weighted by Gasteiger charge is -2.31. The van der Waals surface area contributed by atoms with Gasteiger partial charge in [-0.1, -0.05) is 23.2 Å². The molecule has 25 heavy (non-hydrogen) atoms. The van der Waals surface area contributed by atoms with Gasteiger partial charge < -0.3 is 4.90 Å². The summed E-state index contributed by atoms with van der Waals surface area (Å²) in [6.07, 6.45) is 0.842. The van der Waals surface area contributed by atoms with Crippen LogP contribution in [0.4, 0.5) is 0 Å². The number of hydrogen-bond acceptors (Lipinski definition) is 3. The van der Waals surface area contributed by atoms with Crippen LogP contribution < -0.4 is 0 Å². The zero-order valence-electron chi connectivity index (χ0n) is 13.4. The minimum absolute atomic E-state index is 0.0981. The number of carbonyl (C=O) groups is 1. The molecule has 7 heteroatoms. The van der Waals surface area contributed by atoms with E-state index in [1.54, 1.807) is 41.3 Å². The van der Waals surface area contributed by atoms with Crippen molar-refractivity contribution in [1.29, 1.82) is 0 Å². The molecule has 0 saturated carbocycles. The second-order valence-electron chi connectivity index (χ2n) is 6.00. The maximum atomic E-state index is 12.7. The first-order chi connectivity index (χ1) is 11.9. The minimum atomic E-state index is -3.41. The Morgan fingerprint density at radius 2 is 1.36 bits per heavy atom. The summed E-state index contributed by atoms with van der Waals surface area (Å²) in [6.45, 7) is 0.831. The lowest BCUT2D eigenvalue weighted by molar-refractivity contribution is 0.0725. The number of nitrogens with zero attached hydrogens (tertiary/aromatic N) is 1. The zero-order chi connectivity index (χ0) is 18.0. The van der Waals surface area contributed by atoms with Crippen molar-refractivity contribution in [2.24, 2.45) is 0 Å². The van der Waals surface area contributed by atoms with Gasteiger partial charge in [0.15, 0.2) is 9.84 Å². The maximum Gasteiger partial charge on any atom is 0.253 e. The molecular formula is C18H17Cl2NO3S. The van der Waals surface area contributed by atoms with Crippen LogP contribution in [0.25, 0.3) is 0 Å². The summed E-state index contributed by atoms with van der Waals surface area (Å²) in [5, 5.41) is 0.592. The fourth-order valence-electron chi connectivity index (χ4n) is 2.96. The summed E-state index contributed by atoms with van der Waals surface area (Å²) in [4.78, 5) is 14.5. The first-order valence-electron chi connectivity index (χ1n) is 7.92. The highest BCUT2D eigenvalue weighted by atomic mass is 35.5. The number of amides is 1. The molecule has 0 atom stereocenters. The van der Waals surface area contributed by atoms with Gasteiger partial charge >= 0.3 is 0 Å². The van der Waals surface area contributed by atoms with Crippen molar-refractivity contribution in [1.82, 2.24) is 4.90 Å². The lowest BCUT2D eigenvalue weighted by Crippen LogP contribution is -2.42. The quantitative estimate of drug-likeness (QED) is 0.783. The molecule has 4 nitrogen and oxygen atoms in total. The summed E-state index contributed by atoms with van der Waals surface area (Å²) in [5.41, 5.74) is 0.559. The molecule has 0 N–H and O–H groups in total. The standard InChI is InChI=1S/C18H17Cl2NO3S/c19-14-3-1-13(2-4-14)18(22)21-11-9-17(10-12-21)25(23,24)16-7-5-15(20)6-8-16/h1-8,17H,9-12H2. The molecule has 0 unspecified atom stereocenters. The Balaban J connectivity index is 1.68. The van der Waals surface area contributed by atoms with Gasteiger partial charge in [0.1, 0.15) is 0 Å². The van der Waals surface area contributed by atoms with Crippen LogP contribution >= 0.6 is 23.2 Å². The SMILES string of the molecule is O=C(c1ccc(Cl)cc1)N1CCC(S(=O)(=O)c2ccc(Cl)cc2)CC1. The molecule has 0 aromatic heterocycles. The van der Waals surface area contributed by atoms with Crippen molar-refractivity contribution >= 4 is 38.9 Å². The smallest absolute Gasteiger partial charge is 0.253 e. The third-order valence-electron chi connectivity index (χ3n) is 4.40. The van der Waals surface area contributed by atoms with E-state index in [1.165, 1.54) is 12.1 Å². The molecule has 2 aromatic carbocycles. The van der Waals surface area contributed by atoms with Gasteiger partial charge in [0.25, 0.3) is 5.91 Å². The number of halogens is 2. The van der Waals surface area contributed by atoms with E-state index in [1.807, 2.05) is 0 Å². The van der Waals surface area contributed by atoms with Crippen LogP contribution in [0.3, 0.4) is 0 Å². The van der Waals surface area contributed by atoms with Crippen LogP contribution in [0.5, 0.6) is 0 Å². The molecule has 0 spiro atoms. The average molecular weight is 398 g/mol. The molecule has 0 radical (unpaired) electrons. The van der Waals surface area contributed by atoms with E-state index in [9.17, 15) is 13.2 Å². The summed E-state index contributed by atoms with van der Waals surface area (Å²) in [5.74, 6) is -0.0981. The molecule has 1 fully saturated rings. The summed E-state index contributed by atoms with van der Waals surface area (Å²) >= 11 is 11.7. The van der Waals surface area contributed by atoms with Crippen LogP contribution in [0, 0.1) is 0 Å². The van der Waals surface area contributed by atoms with Crippen LogP contribution in [0.15, 0.2) is 53.4 Å². The van der Waals surface area contributed by atoms with Crippen molar-refractivity contribution in [3.63, 3.8) is 0 Å². The molecule has 1 aliphatic rings. The van der Waals surface area contributed by atoms with Gasteiger partial charge in [-0.2, -0.15) is 0 Å². The Kier molecular flexibility index (Phi) is 5.37. The number of hydrogen-bond donors (Lipinski definition) is 0. The Labute approximate surface area is 157 Å². The number of likely N-dealkylation sites (tertiary alicyclic amines) is 1. The van der Waals surface area contributed by atoms with E-state index in [-0.39, 0.29) is 10.8 Å². The summed E-state index contributed by atoms with van der Waals surface area (Å²) < 4.78 is 25.4. The van der Waals surface area contributed by atoms with Gasteiger partial charge in [-0.3, -0.25) is 4.79 Å². The molecule has 2 aromatic rings. The fourth-order valence-corrected chi connectivity index (χ4v) is 4.94. The predicted octanol–water partition coefficient (Wildman–Crippen LogP) is 4.07. The van der Waals surface area contributed by atoms with Gasteiger partial charge in [0.05, 0.1) is 10.1 Å². The van der Waals surface area contributed by atoms with Crippen molar-refractivity contribution in [2.45, 2.75) is 23.0 Å². The first-order valence-corrected chi connectivity index (χ1v) is 10.2. The van der Waals surface area contributed by atoms with E-state index < -0.39 is 15.1 Å². The van der Waals surface area contributed by atoms with Crippen LogP contribution in [-0.4, -0.2) is 37.6 Å². The van der Waals surface area contributed by atoms with Gasteiger partial charge in [-0.05, 0) is 61.4 Å². The molecule has 0 aliphatic carbocycles. The topological polar surface area (TPSA) is 54.5 Å². The molecular weight excluding hydrogens is 381 g/mol. The second-order valence-corrected chi connectivity index (χ2v) is 9.10. The normalized spacial score (nSPS) is 16.0. The van der Waals surface area contributed by atoms with Crippen molar-refractivity contribution in [2.75, 3.05) is 13.1 Å². The van der Waals surface area contributed by atoms with E-state index in [4.69, 9.17) is 23.2 Å². The molecule has 3 rings (SSSR count). The highest BCUT2D eigenvalue weighted by Gasteiger charge is 2.32. The van der Waals surface area contributed by atoms with Gasteiger partial charge in [-0.15, -0.1) is 0 Å². The average Bonchev–Trinajstić information content (AvgIpc) is 2.62. The number of sulfone groups is 1. The molecule has 132 valence electrons. The van der Waals surface area contributed by atoms with Crippen molar-refractivity contribution < 1.29 is 13.2 Å². The second kappa shape index (κ2) is 7.36. The van der Waals surface area contributed by atoms with E-state index >= 15 is 0 Å². The largest absolute Gasteiger partial charge is 0.339 e. The fraction of sp³-hybridized carbons (Fsp3) is 0.278. The number of carbonyl (C=O) groups excluding carboxylic acids is 1. The first kappa shape index (κ1) is 18.2. The monoisotopic (exact) mass is 397 g/mol. The summed E-state index contributed by atoms with van der Waals surface area (Å²) in [7, 11) is -3.41. The van der Waals surface area contributed by atoms with Crippen LogP contribution in [0.1, 0.15) is 23.2 Å². The van der Waals surface area contributed by atoms with Crippen LogP contribution in [-0.2, 0) is 9.84 Å². The molecule has 1 saturated heterocycles. The molecule has 1 heterocycles. The number of benzene rings is 2. The maximum absolute atomic E-state index is 12.7. The minimum Gasteiger partial charge on any atom is -0.339 e. The molecule has 1 amide bonds. The summed E-state index contributed by atoms with van der Waals surface area (Å²) in [6, 6.07) is 12.9. The van der Waals surface area contributed by atoms with E-state index in [0.29, 0.717) is 41.5 Å². The van der Waals surface area contributed by atoms with Gasteiger partial charge in [0.2, 0.25) is 0 Å². The number of rotatable bonds is 3. The van der Waals surface area contributed by atoms with Gasteiger partial charge in [-0.25, -0.2) is 8.42 Å². The van der Waals surface area contributed by atoms with Crippen molar-refractivity contribution in [3.8, 4) is 0 Å². The van der Waals surface area contributed by atoms with Crippen LogP contribution in [0.2, 0.25) is 10.0 Å². The highest BCUT2D eigenvalue weighted by molar-refractivity contribution is 7.92. The Morgan fingerprint density at radius 3 is 1.88 bits per heavy atom. The third kappa shape index (κ3) is 4.00. The predicted molar refractivity (Wildman–Crippen MR) is 99.0 cm³/mol. The lowest BCUT2D eigenvalue weighted by atomic mass is 10.1.